The quantitative estimate of drug-likeness (QED) is 0.803. The first-order chi connectivity index (χ1) is 11.3. The summed E-state index contributed by atoms with van der Waals surface area (Å²) in [4.78, 5) is 14.3. The summed E-state index contributed by atoms with van der Waals surface area (Å²) in [7, 11) is -3.19. The van der Waals surface area contributed by atoms with Crippen LogP contribution in [-0.2, 0) is 26.2 Å². The molecule has 6 nitrogen and oxygen atoms in total. The molecule has 0 aromatic heterocycles. The summed E-state index contributed by atoms with van der Waals surface area (Å²) in [6.45, 7) is 3.82. The highest BCUT2D eigenvalue weighted by Gasteiger charge is 2.27. The normalized spacial score (nSPS) is 19.9. The molecule has 1 fully saturated rings. The maximum absolute atomic E-state index is 12.5. The summed E-state index contributed by atoms with van der Waals surface area (Å²) in [5, 5.41) is 0. The molecule has 1 aromatic rings. The van der Waals surface area contributed by atoms with Gasteiger partial charge in [0.1, 0.15) is 6.10 Å². The number of carbonyl (C=O) groups excluding carboxylic acids is 1. The molecule has 1 saturated heterocycles. The number of hydrogen-bond acceptors (Lipinski definition) is 4. The monoisotopic (exact) mass is 354 g/mol. The predicted molar refractivity (Wildman–Crippen MR) is 92.8 cm³/mol. The van der Waals surface area contributed by atoms with E-state index in [2.05, 4.69) is 4.72 Å². The Balaban J connectivity index is 1.82. The molecule has 1 amide bonds. The van der Waals surface area contributed by atoms with Crippen LogP contribution in [0.1, 0.15) is 25.3 Å². The van der Waals surface area contributed by atoms with E-state index in [-0.39, 0.29) is 11.8 Å². The number of benzene rings is 1. The summed E-state index contributed by atoms with van der Waals surface area (Å²) >= 11 is 0. The van der Waals surface area contributed by atoms with Crippen molar-refractivity contribution in [2.45, 2.75) is 32.5 Å². The highest BCUT2D eigenvalue weighted by Crippen LogP contribution is 2.17. The molecule has 0 bridgehead atoms. The molecule has 1 aliphatic rings. The van der Waals surface area contributed by atoms with Crippen LogP contribution in [0.2, 0.25) is 0 Å². The first-order valence-corrected chi connectivity index (χ1v) is 10.1. The Bertz CT molecular complexity index is 633. The summed E-state index contributed by atoms with van der Waals surface area (Å²) in [6, 6.07) is 9.75. The minimum atomic E-state index is -3.19. The third-order valence-electron chi connectivity index (χ3n) is 4.16. The number of likely N-dealkylation sites (tertiary alicyclic amines) is 1. The van der Waals surface area contributed by atoms with Crippen molar-refractivity contribution in [3.63, 3.8) is 0 Å². The molecule has 7 heteroatoms. The van der Waals surface area contributed by atoms with Gasteiger partial charge in [0.05, 0.1) is 12.9 Å². The fraction of sp³-hybridized carbons (Fsp3) is 0.588. The first kappa shape index (κ1) is 18.9. The molecule has 0 aliphatic carbocycles. The lowest BCUT2D eigenvalue weighted by Crippen LogP contribution is -2.47. The van der Waals surface area contributed by atoms with Crippen molar-refractivity contribution < 1.29 is 17.9 Å². The van der Waals surface area contributed by atoms with Crippen LogP contribution in [0.3, 0.4) is 0 Å². The van der Waals surface area contributed by atoms with Crippen LogP contribution in [0.15, 0.2) is 30.3 Å². The molecule has 2 unspecified atom stereocenters. The van der Waals surface area contributed by atoms with Crippen molar-refractivity contribution in [3.05, 3.63) is 35.9 Å². The van der Waals surface area contributed by atoms with E-state index in [4.69, 9.17) is 4.74 Å². The number of piperidine rings is 1. The van der Waals surface area contributed by atoms with Gasteiger partial charge in [-0.25, -0.2) is 13.1 Å². The number of amides is 1. The van der Waals surface area contributed by atoms with Gasteiger partial charge in [0.15, 0.2) is 0 Å². The molecule has 134 valence electrons. The smallest absolute Gasteiger partial charge is 0.251 e. The van der Waals surface area contributed by atoms with Gasteiger partial charge in [-0.15, -0.1) is 0 Å². The average molecular weight is 354 g/mol. The molecule has 2 rings (SSSR count). The highest BCUT2D eigenvalue weighted by molar-refractivity contribution is 7.88. The van der Waals surface area contributed by atoms with Crippen molar-refractivity contribution in [1.82, 2.24) is 9.62 Å². The topological polar surface area (TPSA) is 75.7 Å². The Morgan fingerprint density at radius 3 is 2.75 bits per heavy atom. The van der Waals surface area contributed by atoms with Crippen LogP contribution < -0.4 is 4.72 Å². The van der Waals surface area contributed by atoms with E-state index in [0.29, 0.717) is 26.2 Å². The molecular weight excluding hydrogens is 328 g/mol. The maximum Gasteiger partial charge on any atom is 0.251 e. The maximum atomic E-state index is 12.5. The van der Waals surface area contributed by atoms with Gasteiger partial charge in [0.2, 0.25) is 10.0 Å². The van der Waals surface area contributed by atoms with Crippen LogP contribution in [0.25, 0.3) is 0 Å². The minimum absolute atomic E-state index is 0.0324. The third-order valence-corrected chi connectivity index (χ3v) is 4.85. The van der Waals surface area contributed by atoms with Gasteiger partial charge in [-0.1, -0.05) is 30.3 Å². The summed E-state index contributed by atoms with van der Waals surface area (Å²) in [5.41, 5.74) is 1.03. The summed E-state index contributed by atoms with van der Waals surface area (Å²) in [5.74, 6) is 0.119. The average Bonchev–Trinajstić information content (AvgIpc) is 2.58. The zero-order chi connectivity index (χ0) is 17.6. The predicted octanol–water partition coefficient (Wildman–Crippen LogP) is 1.38. The van der Waals surface area contributed by atoms with Crippen molar-refractivity contribution in [3.8, 4) is 0 Å². The summed E-state index contributed by atoms with van der Waals surface area (Å²) < 4.78 is 30.6. The van der Waals surface area contributed by atoms with E-state index in [0.717, 1.165) is 24.7 Å². The van der Waals surface area contributed by atoms with Gasteiger partial charge >= 0.3 is 0 Å². The molecule has 2 atom stereocenters. The van der Waals surface area contributed by atoms with E-state index in [1.54, 1.807) is 11.8 Å². The fourth-order valence-corrected chi connectivity index (χ4v) is 3.36. The zero-order valence-corrected chi connectivity index (χ0v) is 15.1. The number of nitrogens with zero attached hydrogens (tertiary/aromatic N) is 1. The number of ether oxygens (including phenoxy) is 1. The van der Waals surface area contributed by atoms with E-state index in [1.807, 2.05) is 30.3 Å². The number of nitrogens with one attached hydrogen (secondary N) is 1. The summed E-state index contributed by atoms with van der Waals surface area (Å²) in [6.07, 6.45) is 2.45. The van der Waals surface area contributed by atoms with Crippen LogP contribution in [0, 0.1) is 5.92 Å². The Hall–Kier alpha value is -1.44. The van der Waals surface area contributed by atoms with Gasteiger partial charge in [0, 0.05) is 19.6 Å². The van der Waals surface area contributed by atoms with Crippen molar-refractivity contribution in [2.75, 3.05) is 25.9 Å². The van der Waals surface area contributed by atoms with E-state index in [1.165, 1.54) is 0 Å². The van der Waals surface area contributed by atoms with Gasteiger partial charge < -0.3 is 9.64 Å². The second kappa shape index (κ2) is 8.60. The fourth-order valence-electron chi connectivity index (χ4n) is 2.82. The number of sulfonamides is 1. The zero-order valence-electron chi connectivity index (χ0n) is 14.3. The van der Waals surface area contributed by atoms with E-state index < -0.39 is 16.1 Å². The highest BCUT2D eigenvalue weighted by atomic mass is 32.2. The first-order valence-electron chi connectivity index (χ1n) is 8.24. The third kappa shape index (κ3) is 6.22. The van der Waals surface area contributed by atoms with Crippen molar-refractivity contribution >= 4 is 15.9 Å². The van der Waals surface area contributed by atoms with Gasteiger partial charge in [0.25, 0.3) is 5.91 Å². The molecule has 1 heterocycles. The molecule has 24 heavy (non-hydrogen) atoms. The lowest BCUT2D eigenvalue weighted by molar-refractivity contribution is -0.145. The number of rotatable bonds is 7. The Morgan fingerprint density at radius 2 is 2.08 bits per heavy atom. The Morgan fingerprint density at radius 1 is 1.38 bits per heavy atom. The van der Waals surface area contributed by atoms with Crippen LogP contribution in [-0.4, -0.2) is 51.2 Å². The molecular formula is C17H26N2O4S. The number of carbonyl (C=O) groups is 1. The van der Waals surface area contributed by atoms with Crippen LogP contribution in [0.4, 0.5) is 0 Å². The van der Waals surface area contributed by atoms with Gasteiger partial charge in [-0.3, -0.25) is 4.79 Å². The van der Waals surface area contributed by atoms with E-state index >= 15 is 0 Å². The van der Waals surface area contributed by atoms with Gasteiger partial charge in [-0.05, 0) is 31.2 Å². The lowest BCUT2D eigenvalue weighted by Gasteiger charge is -2.34. The minimum Gasteiger partial charge on any atom is -0.364 e. The molecule has 0 spiro atoms. The van der Waals surface area contributed by atoms with E-state index in [9.17, 15) is 13.2 Å². The number of hydrogen-bond donors (Lipinski definition) is 1. The van der Waals surface area contributed by atoms with Crippen LogP contribution in [0.5, 0.6) is 0 Å². The molecule has 1 aromatic carbocycles. The second-order valence-electron chi connectivity index (χ2n) is 6.35. The molecule has 0 radical (unpaired) electrons. The molecule has 1 N–H and O–H groups in total. The lowest BCUT2D eigenvalue weighted by atomic mass is 9.98. The standard InChI is InChI=1S/C17H26N2O4S/c1-14(23-13-15-7-4-3-5-8-15)17(20)19-10-6-9-16(12-19)11-18-24(2,21)22/h3-5,7-8,14,16,18H,6,9-13H2,1-2H3. The second-order valence-corrected chi connectivity index (χ2v) is 8.18. The van der Waals surface area contributed by atoms with Crippen molar-refractivity contribution in [1.29, 1.82) is 0 Å². The Kier molecular flexibility index (Phi) is 6.77. The molecule has 0 saturated carbocycles. The largest absolute Gasteiger partial charge is 0.364 e. The molecule has 1 aliphatic heterocycles. The van der Waals surface area contributed by atoms with Crippen LogP contribution >= 0.6 is 0 Å². The SMILES string of the molecule is CC(OCc1ccccc1)C(=O)N1CCCC(CNS(C)(=O)=O)C1. The Labute approximate surface area is 144 Å². The van der Waals surface area contributed by atoms with Crippen molar-refractivity contribution in [2.24, 2.45) is 5.92 Å². The van der Waals surface area contributed by atoms with Gasteiger partial charge in [-0.2, -0.15) is 0 Å².